The van der Waals surface area contributed by atoms with E-state index in [1.165, 1.54) is 0 Å². The molecule has 152 valence electrons. The minimum absolute atomic E-state index is 0.130. The molecule has 0 aliphatic rings. The number of hydrogen-bond acceptors (Lipinski definition) is 4. The predicted molar refractivity (Wildman–Crippen MR) is 116 cm³/mol. The number of aromatic amines is 1. The first-order valence-electron chi connectivity index (χ1n) is 9.79. The molecule has 0 fully saturated rings. The third kappa shape index (κ3) is 4.60. The van der Waals surface area contributed by atoms with Crippen LogP contribution in [0.4, 0.5) is 0 Å². The number of nitrogens with one attached hydrogen (secondary N) is 1. The van der Waals surface area contributed by atoms with Gasteiger partial charge >= 0.3 is 0 Å². The van der Waals surface area contributed by atoms with E-state index in [1.807, 2.05) is 66.7 Å². The largest absolute Gasteiger partial charge is 0.490 e. The predicted octanol–water partition coefficient (Wildman–Crippen LogP) is 4.29. The zero-order valence-corrected chi connectivity index (χ0v) is 16.7. The van der Waals surface area contributed by atoms with E-state index in [0.29, 0.717) is 31.1 Å². The van der Waals surface area contributed by atoms with Gasteiger partial charge in [-0.2, -0.15) is 0 Å². The molecular weight excluding hydrogens is 378 g/mol. The fourth-order valence-electron chi connectivity index (χ4n) is 3.18. The Bertz CT molecular complexity index is 1090. The average molecular weight is 401 g/mol. The molecule has 0 aliphatic heterocycles. The van der Waals surface area contributed by atoms with Crippen molar-refractivity contribution in [2.75, 3.05) is 20.3 Å². The van der Waals surface area contributed by atoms with Crippen LogP contribution in [0, 0.1) is 0 Å². The number of aromatic nitrogens is 2. The van der Waals surface area contributed by atoms with Gasteiger partial charge in [0.2, 0.25) is 0 Å². The van der Waals surface area contributed by atoms with Crippen molar-refractivity contribution in [3.63, 3.8) is 0 Å². The molecule has 4 rings (SSSR count). The Labute approximate surface area is 175 Å². The Kier molecular flexibility index (Phi) is 5.94. The lowest BCUT2D eigenvalue weighted by Crippen LogP contribution is -2.27. The second-order valence-corrected chi connectivity index (χ2v) is 6.87. The number of para-hydroxylation sites is 4. The van der Waals surface area contributed by atoms with Gasteiger partial charge in [-0.05, 0) is 36.4 Å². The molecule has 1 N–H and O–H groups in total. The molecule has 0 unspecified atom stereocenters. The number of H-pyrrole nitrogens is 1. The van der Waals surface area contributed by atoms with Crippen molar-refractivity contribution in [2.24, 2.45) is 0 Å². The van der Waals surface area contributed by atoms with E-state index in [9.17, 15) is 4.79 Å². The third-order valence-corrected chi connectivity index (χ3v) is 4.64. The second kappa shape index (κ2) is 9.13. The fourth-order valence-corrected chi connectivity index (χ4v) is 3.18. The summed E-state index contributed by atoms with van der Waals surface area (Å²) in [5.74, 6) is 1.93. The quantitative estimate of drug-likeness (QED) is 0.447. The molecule has 0 radical (unpaired) electrons. The van der Waals surface area contributed by atoms with Crippen LogP contribution in [0.2, 0.25) is 0 Å². The van der Waals surface area contributed by atoms with Crippen LogP contribution < -0.4 is 9.47 Å². The normalized spacial score (nSPS) is 10.7. The first-order chi connectivity index (χ1) is 14.7. The lowest BCUT2D eigenvalue weighted by atomic mass is 10.1. The van der Waals surface area contributed by atoms with Crippen LogP contribution in [0.3, 0.4) is 0 Å². The maximum atomic E-state index is 13.0. The number of amides is 1. The minimum atomic E-state index is -0.130. The zero-order valence-electron chi connectivity index (χ0n) is 16.7. The van der Waals surface area contributed by atoms with E-state index in [-0.39, 0.29) is 5.91 Å². The van der Waals surface area contributed by atoms with Gasteiger partial charge in [0.1, 0.15) is 30.5 Å². The van der Waals surface area contributed by atoms with Crippen LogP contribution >= 0.6 is 0 Å². The van der Waals surface area contributed by atoms with Gasteiger partial charge in [0.05, 0.1) is 23.1 Å². The minimum Gasteiger partial charge on any atom is -0.490 e. The molecule has 3 aromatic carbocycles. The summed E-state index contributed by atoms with van der Waals surface area (Å²) in [5.41, 5.74) is 2.35. The van der Waals surface area contributed by atoms with Crippen LogP contribution in [0.1, 0.15) is 16.2 Å². The van der Waals surface area contributed by atoms with Crippen molar-refractivity contribution in [1.29, 1.82) is 0 Å². The van der Waals surface area contributed by atoms with Crippen LogP contribution in [0.5, 0.6) is 11.5 Å². The Morgan fingerprint density at radius 2 is 1.60 bits per heavy atom. The molecule has 6 nitrogen and oxygen atoms in total. The summed E-state index contributed by atoms with van der Waals surface area (Å²) in [4.78, 5) is 22.4. The summed E-state index contributed by atoms with van der Waals surface area (Å²) in [6.45, 7) is 1.10. The Hall–Kier alpha value is -3.80. The molecule has 4 aromatic rings. The van der Waals surface area contributed by atoms with Gasteiger partial charge in [-0.3, -0.25) is 4.79 Å². The van der Waals surface area contributed by atoms with E-state index in [1.54, 1.807) is 24.1 Å². The highest BCUT2D eigenvalue weighted by Crippen LogP contribution is 2.21. The highest BCUT2D eigenvalue weighted by molar-refractivity contribution is 5.96. The van der Waals surface area contributed by atoms with Gasteiger partial charge in [-0.25, -0.2) is 4.98 Å². The number of nitrogens with zero attached hydrogens (tertiary/aromatic N) is 2. The van der Waals surface area contributed by atoms with Crippen LogP contribution in [0.15, 0.2) is 78.9 Å². The van der Waals surface area contributed by atoms with Crippen LogP contribution in [0.25, 0.3) is 11.0 Å². The van der Waals surface area contributed by atoms with Crippen molar-refractivity contribution < 1.29 is 14.3 Å². The van der Waals surface area contributed by atoms with Gasteiger partial charge in [0.15, 0.2) is 0 Å². The van der Waals surface area contributed by atoms with Crippen molar-refractivity contribution in [1.82, 2.24) is 14.9 Å². The number of rotatable bonds is 8. The molecule has 1 amide bonds. The number of benzene rings is 3. The number of carbonyl (C=O) groups excluding carboxylic acids is 1. The number of fused-ring (bicyclic) bond motifs is 1. The molecule has 0 saturated carbocycles. The Morgan fingerprint density at radius 3 is 2.43 bits per heavy atom. The van der Waals surface area contributed by atoms with E-state index >= 15 is 0 Å². The van der Waals surface area contributed by atoms with Gasteiger partial charge in [-0.15, -0.1) is 0 Å². The first kappa shape index (κ1) is 19.5. The number of ether oxygens (including phenoxy) is 2. The lowest BCUT2D eigenvalue weighted by molar-refractivity contribution is 0.0776. The van der Waals surface area contributed by atoms with Crippen LogP contribution in [-0.2, 0) is 6.54 Å². The molecule has 0 spiro atoms. The summed E-state index contributed by atoms with van der Waals surface area (Å²) in [6, 6.07) is 24.6. The average Bonchev–Trinajstić information content (AvgIpc) is 3.19. The molecule has 1 heterocycles. The Morgan fingerprint density at radius 1 is 0.900 bits per heavy atom. The maximum absolute atomic E-state index is 13.0. The molecule has 0 saturated heterocycles. The van der Waals surface area contributed by atoms with Crippen molar-refractivity contribution in [3.8, 4) is 11.5 Å². The lowest BCUT2D eigenvalue weighted by Gasteiger charge is -2.18. The first-order valence-corrected chi connectivity index (χ1v) is 9.79. The second-order valence-electron chi connectivity index (χ2n) is 6.87. The van der Waals surface area contributed by atoms with Crippen molar-refractivity contribution in [2.45, 2.75) is 6.54 Å². The molecule has 0 atom stereocenters. The number of imidazole rings is 1. The van der Waals surface area contributed by atoms with Crippen molar-refractivity contribution in [3.05, 3.63) is 90.3 Å². The molecular formula is C24H23N3O3. The Balaban J connectivity index is 1.38. The number of hydrogen-bond donors (Lipinski definition) is 1. The fraction of sp³-hybridized carbons (Fsp3) is 0.167. The summed E-state index contributed by atoms with van der Waals surface area (Å²) in [5, 5.41) is 0. The van der Waals surface area contributed by atoms with Gasteiger partial charge < -0.3 is 19.4 Å². The summed E-state index contributed by atoms with van der Waals surface area (Å²) in [7, 11) is 1.75. The SMILES string of the molecule is CN(Cc1nc2ccccc2[nH]1)C(=O)c1ccccc1OCCOc1ccccc1. The van der Waals surface area contributed by atoms with E-state index in [0.717, 1.165) is 22.6 Å². The number of carbonyl (C=O) groups is 1. The molecule has 1 aromatic heterocycles. The van der Waals surface area contributed by atoms with Gasteiger partial charge in [0.25, 0.3) is 5.91 Å². The third-order valence-electron chi connectivity index (χ3n) is 4.64. The molecule has 30 heavy (non-hydrogen) atoms. The molecule has 0 aliphatic carbocycles. The highest BCUT2D eigenvalue weighted by atomic mass is 16.5. The summed E-state index contributed by atoms with van der Waals surface area (Å²) >= 11 is 0. The molecule has 0 bridgehead atoms. The summed E-state index contributed by atoms with van der Waals surface area (Å²) < 4.78 is 11.5. The van der Waals surface area contributed by atoms with Crippen LogP contribution in [-0.4, -0.2) is 41.0 Å². The van der Waals surface area contributed by atoms with Gasteiger partial charge in [0, 0.05) is 7.05 Å². The van der Waals surface area contributed by atoms with E-state index in [4.69, 9.17) is 9.47 Å². The molecule has 6 heteroatoms. The maximum Gasteiger partial charge on any atom is 0.257 e. The topological polar surface area (TPSA) is 67.5 Å². The van der Waals surface area contributed by atoms with Gasteiger partial charge in [-0.1, -0.05) is 42.5 Å². The monoisotopic (exact) mass is 401 g/mol. The van der Waals surface area contributed by atoms with Crippen molar-refractivity contribution >= 4 is 16.9 Å². The zero-order chi connectivity index (χ0) is 20.8. The standard InChI is InChI=1S/C24H23N3O3/c1-27(17-23-25-20-12-6-7-13-21(20)26-23)24(28)19-11-5-8-14-22(19)30-16-15-29-18-9-3-2-4-10-18/h2-14H,15-17H2,1H3,(H,25,26). The highest BCUT2D eigenvalue weighted by Gasteiger charge is 2.18. The van der Waals surface area contributed by atoms with E-state index < -0.39 is 0 Å². The van der Waals surface area contributed by atoms with E-state index in [2.05, 4.69) is 9.97 Å². The summed E-state index contributed by atoms with van der Waals surface area (Å²) in [6.07, 6.45) is 0. The smallest absolute Gasteiger partial charge is 0.257 e.